The number of furan rings is 1. The van der Waals surface area contributed by atoms with Gasteiger partial charge >= 0.3 is 5.97 Å². The van der Waals surface area contributed by atoms with Crippen molar-refractivity contribution in [1.29, 1.82) is 0 Å². The molecule has 1 aromatic rings. The van der Waals surface area contributed by atoms with Gasteiger partial charge in [0.2, 0.25) is 0 Å². The highest BCUT2D eigenvalue weighted by atomic mass is 16.5. The van der Waals surface area contributed by atoms with Crippen molar-refractivity contribution in [1.82, 2.24) is 0 Å². The van der Waals surface area contributed by atoms with Gasteiger partial charge in [0.25, 0.3) is 0 Å². The molecule has 3 heteroatoms. The normalized spacial score (nSPS) is 12.9. The Labute approximate surface area is 121 Å². The first-order valence-corrected chi connectivity index (χ1v) is 6.96. The molecule has 0 aromatic carbocycles. The smallest absolute Gasteiger partial charge is 0.303 e. The third-order valence-electron chi connectivity index (χ3n) is 2.90. The summed E-state index contributed by atoms with van der Waals surface area (Å²) in [6.45, 7) is 7.71. The minimum atomic E-state index is -0.258. The second kappa shape index (κ2) is 8.41. The molecule has 0 aliphatic carbocycles. The second-order valence-electron chi connectivity index (χ2n) is 5.32. The van der Waals surface area contributed by atoms with Gasteiger partial charge in [-0.3, -0.25) is 4.79 Å². The molecular weight excluding hydrogens is 252 g/mol. The minimum Gasteiger partial charge on any atom is -0.472 e. The van der Waals surface area contributed by atoms with Gasteiger partial charge in [-0.25, -0.2) is 0 Å². The van der Waals surface area contributed by atoms with Crippen LogP contribution in [0.4, 0.5) is 0 Å². The summed E-state index contributed by atoms with van der Waals surface area (Å²) >= 11 is 0. The first kappa shape index (κ1) is 16.3. The molecule has 0 fully saturated rings. The molecule has 1 heterocycles. The fourth-order valence-corrected chi connectivity index (χ4v) is 1.98. The fraction of sp³-hybridized carbons (Fsp3) is 0.471. The van der Waals surface area contributed by atoms with Crippen molar-refractivity contribution in [2.24, 2.45) is 0 Å². The summed E-state index contributed by atoms with van der Waals surface area (Å²) in [5, 5.41) is 0. The number of ether oxygens (including phenoxy) is 1. The summed E-state index contributed by atoms with van der Waals surface area (Å²) in [5.41, 5.74) is 3.59. The number of rotatable bonds is 7. The molecule has 110 valence electrons. The van der Waals surface area contributed by atoms with Crippen molar-refractivity contribution < 1.29 is 13.9 Å². The fourth-order valence-electron chi connectivity index (χ4n) is 1.98. The van der Waals surface area contributed by atoms with E-state index in [1.54, 1.807) is 12.5 Å². The van der Waals surface area contributed by atoms with E-state index < -0.39 is 0 Å². The van der Waals surface area contributed by atoms with Crippen LogP contribution >= 0.6 is 0 Å². The first-order valence-electron chi connectivity index (χ1n) is 6.96. The van der Waals surface area contributed by atoms with Crippen molar-refractivity contribution in [3.63, 3.8) is 0 Å². The van der Waals surface area contributed by atoms with Crippen LogP contribution < -0.4 is 0 Å². The predicted molar refractivity (Wildman–Crippen MR) is 80.4 cm³/mol. The zero-order chi connectivity index (χ0) is 15.0. The molecular formula is C17H24O3. The number of hydrogen-bond donors (Lipinski definition) is 0. The highest BCUT2D eigenvalue weighted by molar-refractivity contribution is 5.66. The van der Waals surface area contributed by atoms with E-state index in [1.165, 1.54) is 18.1 Å². The molecule has 0 aliphatic rings. The van der Waals surface area contributed by atoms with Gasteiger partial charge in [0.1, 0.15) is 6.10 Å². The minimum absolute atomic E-state index is 0.225. The summed E-state index contributed by atoms with van der Waals surface area (Å²) in [5.74, 6) is -0.258. The van der Waals surface area contributed by atoms with E-state index in [1.807, 2.05) is 12.1 Å². The number of esters is 1. The molecule has 0 bridgehead atoms. The quantitative estimate of drug-likeness (QED) is 0.545. The van der Waals surface area contributed by atoms with Gasteiger partial charge < -0.3 is 9.15 Å². The first-order chi connectivity index (χ1) is 9.47. The third-order valence-corrected chi connectivity index (χ3v) is 2.90. The van der Waals surface area contributed by atoms with Gasteiger partial charge in [-0.15, -0.1) is 0 Å². The Morgan fingerprint density at radius 2 is 2.10 bits per heavy atom. The highest BCUT2D eigenvalue weighted by Gasteiger charge is 2.11. The van der Waals surface area contributed by atoms with Gasteiger partial charge in [0, 0.05) is 13.3 Å². The Morgan fingerprint density at radius 3 is 2.65 bits per heavy atom. The monoisotopic (exact) mass is 276 g/mol. The van der Waals surface area contributed by atoms with E-state index in [0.29, 0.717) is 6.42 Å². The van der Waals surface area contributed by atoms with E-state index in [9.17, 15) is 4.79 Å². The molecule has 0 saturated carbocycles. The molecule has 0 unspecified atom stereocenters. The van der Waals surface area contributed by atoms with E-state index in [4.69, 9.17) is 9.15 Å². The Kier molecular flexibility index (Phi) is 6.85. The molecule has 20 heavy (non-hydrogen) atoms. The van der Waals surface area contributed by atoms with Crippen LogP contribution in [0.1, 0.15) is 46.1 Å². The Bertz CT molecular complexity index is 462. The van der Waals surface area contributed by atoms with Crippen molar-refractivity contribution in [3.8, 4) is 0 Å². The number of hydrogen-bond acceptors (Lipinski definition) is 3. The summed E-state index contributed by atoms with van der Waals surface area (Å²) in [4.78, 5) is 11.2. The van der Waals surface area contributed by atoms with Crippen LogP contribution in [-0.2, 0) is 16.0 Å². The topological polar surface area (TPSA) is 39.4 Å². The van der Waals surface area contributed by atoms with Crippen molar-refractivity contribution in [3.05, 3.63) is 47.5 Å². The maximum atomic E-state index is 11.2. The van der Waals surface area contributed by atoms with Crippen molar-refractivity contribution >= 4 is 5.97 Å². The maximum absolute atomic E-state index is 11.2. The van der Waals surface area contributed by atoms with Gasteiger partial charge in [0.05, 0.1) is 12.5 Å². The molecule has 1 aromatic heterocycles. The van der Waals surface area contributed by atoms with Crippen molar-refractivity contribution in [2.75, 3.05) is 0 Å². The molecule has 3 nitrogen and oxygen atoms in total. The van der Waals surface area contributed by atoms with Crippen LogP contribution in [0.2, 0.25) is 0 Å². The summed E-state index contributed by atoms with van der Waals surface area (Å²) in [7, 11) is 0. The largest absolute Gasteiger partial charge is 0.472 e. The van der Waals surface area contributed by atoms with Crippen LogP contribution in [-0.4, -0.2) is 12.1 Å². The second-order valence-corrected chi connectivity index (χ2v) is 5.32. The summed E-state index contributed by atoms with van der Waals surface area (Å²) in [6, 6.07) is 1.89. The zero-order valence-corrected chi connectivity index (χ0v) is 12.8. The lowest BCUT2D eigenvalue weighted by atomic mass is 10.1. The molecule has 0 aliphatic heterocycles. The van der Waals surface area contributed by atoms with Gasteiger partial charge in [-0.1, -0.05) is 17.2 Å². The van der Waals surface area contributed by atoms with Crippen LogP contribution in [0.3, 0.4) is 0 Å². The highest BCUT2D eigenvalue weighted by Crippen LogP contribution is 2.13. The lowest BCUT2D eigenvalue weighted by Crippen LogP contribution is -2.17. The zero-order valence-electron chi connectivity index (χ0n) is 12.8. The SMILES string of the molecule is CC(=O)O[C@H](/C=C(/C)CCC=C(C)C)Cc1ccoc1. The number of allylic oxidation sites excluding steroid dienone is 3. The van der Waals surface area contributed by atoms with Crippen LogP contribution in [0.5, 0.6) is 0 Å². The van der Waals surface area contributed by atoms with E-state index in [-0.39, 0.29) is 12.1 Å². The van der Waals surface area contributed by atoms with E-state index in [0.717, 1.165) is 18.4 Å². The lowest BCUT2D eigenvalue weighted by Gasteiger charge is -2.13. The summed E-state index contributed by atoms with van der Waals surface area (Å²) in [6.07, 6.45) is 9.99. The Hall–Kier alpha value is -1.77. The number of carbonyl (C=O) groups is 1. The standard InChI is InChI=1S/C17H24O3/c1-13(2)6-5-7-14(3)10-17(20-15(4)18)11-16-8-9-19-12-16/h6,8-10,12,17H,5,7,11H2,1-4H3/b14-10-/t17-/m1/s1. The number of carbonyl (C=O) groups excluding carboxylic acids is 1. The van der Waals surface area contributed by atoms with Crippen LogP contribution in [0.25, 0.3) is 0 Å². The maximum Gasteiger partial charge on any atom is 0.303 e. The molecule has 1 atom stereocenters. The van der Waals surface area contributed by atoms with Gasteiger partial charge in [-0.2, -0.15) is 0 Å². The Morgan fingerprint density at radius 1 is 1.35 bits per heavy atom. The molecule has 0 amide bonds. The molecule has 0 N–H and O–H groups in total. The Balaban J connectivity index is 2.62. The van der Waals surface area contributed by atoms with E-state index >= 15 is 0 Å². The lowest BCUT2D eigenvalue weighted by molar-refractivity contribution is -0.144. The predicted octanol–water partition coefficient (Wildman–Crippen LogP) is 4.45. The van der Waals surface area contributed by atoms with Crippen molar-refractivity contribution in [2.45, 2.75) is 53.1 Å². The van der Waals surface area contributed by atoms with Gasteiger partial charge in [-0.05, 0) is 51.3 Å². The van der Waals surface area contributed by atoms with Crippen LogP contribution in [0, 0.1) is 0 Å². The summed E-state index contributed by atoms with van der Waals surface area (Å²) < 4.78 is 10.4. The molecule has 0 saturated heterocycles. The van der Waals surface area contributed by atoms with Crippen LogP contribution in [0.15, 0.2) is 46.3 Å². The third kappa shape index (κ3) is 6.98. The van der Waals surface area contributed by atoms with E-state index in [2.05, 4.69) is 26.8 Å². The van der Waals surface area contributed by atoms with Gasteiger partial charge in [0.15, 0.2) is 0 Å². The molecule has 0 spiro atoms. The average molecular weight is 276 g/mol. The average Bonchev–Trinajstić information content (AvgIpc) is 2.80. The molecule has 1 rings (SSSR count). The molecule has 0 radical (unpaired) electrons.